The van der Waals surface area contributed by atoms with Crippen LogP contribution in [0.15, 0.2) is 24.3 Å². The first-order valence-corrected chi connectivity index (χ1v) is 5.68. The van der Waals surface area contributed by atoms with E-state index in [1.165, 1.54) is 0 Å². The molecule has 0 bridgehead atoms. The van der Waals surface area contributed by atoms with E-state index in [4.69, 9.17) is 17.3 Å². The molecular weight excluding hydrogens is 259 g/mol. The first-order chi connectivity index (χ1) is 7.53. The topological polar surface area (TPSA) is 46.3 Å². The van der Waals surface area contributed by atoms with Crippen LogP contribution in [0, 0.1) is 0 Å². The summed E-state index contributed by atoms with van der Waals surface area (Å²) in [7, 11) is 1.76. The fraction of sp³-hybridized carbons (Fsp3) is 0.417. The molecule has 17 heavy (non-hydrogen) atoms. The summed E-state index contributed by atoms with van der Waals surface area (Å²) in [5.41, 5.74) is 6.21. The predicted octanol–water partition coefficient (Wildman–Crippen LogP) is 2.21. The fourth-order valence-corrected chi connectivity index (χ4v) is 1.88. The SMILES string of the molecule is CN(Cc1ccccc1Cl)C(=O)C1(N)CC1.Cl. The molecule has 3 nitrogen and oxygen atoms in total. The van der Waals surface area contributed by atoms with E-state index in [1.807, 2.05) is 24.3 Å². The van der Waals surface area contributed by atoms with Crippen molar-refractivity contribution in [1.82, 2.24) is 4.90 Å². The van der Waals surface area contributed by atoms with Crippen LogP contribution < -0.4 is 5.73 Å². The number of carbonyl (C=O) groups excluding carboxylic acids is 1. The number of nitrogens with zero attached hydrogens (tertiary/aromatic N) is 1. The van der Waals surface area contributed by atoms with E-state index in [9.17, 15) is 4.79 Å². The van der Waals surface area contributed by atoms with Crippen LogP contribution in [0.3, 0.4) is 0 Å². The second-order valence-corrected chi connectivity index (χ2v) is 4.82. The van der Waals surface area contributed by atoms with Crippen molar-refractivity contribution < 1.29 is 4.79 Å². The molecule has 2 rings (SSSR count). The summed E-state index contributed by atoms with van der Waals surface area (Å²) in [6.45, 7) is 0.511. The summed E-state index contributed by atoms with van der Waals surface area (Å²) in [6.07, 6.45) is 1.58. The van der Waals surface area contributed by atoms with Gasteiger partial charge in [0.15, 0.2) is 0 Å². The molecule has 0 heterocycles. The Morgan fingerprint density at radius 2 is 2.06 bits per heavy atom. The molecule has 0 unspecified atom stereocenters. The Morgan fingerprint density at radius 3 is 2.59 bits per heavy atom. The molecule has 94 valence electrons. The van der Waals surface area contributed by atoms with Crippen molar-refractivity contribution in [2.75, 3.05) is 7.05 Å². The van der Waals surface area contributed by atoms with Crippen LogP contribution in [0.1, 0.15) is 18.4 Å². The van der Waals surface area contributed by atoms with Crippen molar-refractivity contribution in [3.8, 4) is 0 Å². The van der Waals surface area contributed by atoms with Crippen LogP contribution >= 0.6 is 24.0 Å². The highest BCUT2D eigenvalue weighted by molar-refractivity contribution is 6.31. The van der Waals surface area contributed by atoms with Gasteiger partial charge in [-0.2, -0.15) is 0 Å². The Morgan fingerprint density at radius 1 is 1.47 bits per heavy atom. The smallest absolute Gasteiger partial charge is 0.242 e. The van der Waals surface area contributed by atoms with Crippen molar-refractivity contribution in [2.45, 2.75) is 24.9 Å². The first-order valence-electron chi connectivity index (χ1n) is 5.31. The standard InChI is InChI=1S/C12H15ClN2O.ClH/c1-15(11(16)12(14)6-7-12)8-9-4-2-3-5-10(9)13;/h2-5H,6-8,14H2,1H3;1H. The maximum Gasteiger partial charge on any atom is 0.242 e. The molecule has 1 aliphatic carbocycles. The molecule has 0 atom stereocenters. The molecule has 1 aromatic carbocycles. The van der Waals surface area contributed by atoms with Gasteiger partial charge in [-0.25, -0.2) is 0 Å². The largest absolute Gasteiger partial charge is 0.340 e. The third kappa shape index (κ3) is 3.12. The average Bonchev–Trinajstić information content (AvgIpc) is 3.00. The summed E-state index contributed by atoms with van der Waals surface area (Å²) in [6, 6.07) is 7.53. The molecule has 1 saturated carbocycles. The molecule has 1 fully saturated rings. The lowest BCUT2D eigenvalue weighted by atomic mass is 10.2. The van der Waals surface area contributed by atoms with Crippen LogP contribution in [0.5, 0.6) is 0 Å². The maximum atomic E-state index is 11.9. The first kappa shape index (κ1) is 14.3. The van der Waals surface area contributed by atoms with E-state index in [0.29, 0.717) is 11.6 Å². The fourth-order valence-electron chi connectivity index (χ4n) is 1.68. The summed E-state index contributed by atoms with van der Waals surface area (Å²) < 4.78 is 0. The molecule has 0 radical (unpaired) electrons. The number of likely N-dealkylation sites (N-methyl/N-ethyl adjacent to an activating group) is 1. The highest BCUT2D eigenvalue weighted by atomic mass is 35.5. The molecule has 0 spiro atoms. The van der Waals surface area contributed by atoms with Crippen LogP contribution in [-0.2, 0) is 11.3 Å². The van der Waals surface area contributed by atoms with E-state index in [-0.39, 0.29) is 18.3 Å². The van der Waals surface area contributed by atoms with E-state index in [1.54, 1.807) is 11.9 Å². The Bertz CT molecular complexity index is 419. The molecular formula is C12H16Cl2N2O. The Kier molecular flexibility index (Phi) is 4.42. The molecule has 5 heteroatoms. The summed E-state index contributed by atoms with van der Waals surface area (Å²) in [4.78, 5) is 13.5. The molecule has 0 aliphatic heterocycles. The van der Waals surface area contributed by atoms with Crippen molar-refractivity contribution in [3.05, 3.63) is 34.9 Å². The quantitative estimate of drug-likeness (QED) is 0.919. The van der Waals surface area contributed by atoms with Crippen molar-refractivity contribution in [3.63, 3.8) is 0 Å². The molecule has 1 aromatic rings. The second kappa shape index (κ2) is 5.25. The molecule has 1 amide bonds. The number of benzene rings is 1. The second-order valence-electron chi connectivity index (χ2n) is 4.41. The van der Waals surface area contributed by atoms with Gasteiger partial charge in [-0.05, 0) is 24.5 Å². The van der Waals surface area contributed by atoms with Gasteiger partial charge in [0, 0.05) is 18.6 Å². The average molecular weight is 275 g/mol. The Labute approximate surface area is 112 Å². The van der Waals surface area contributed by atoms with Gasteiger partial charge in [-0.3, -0.25) is 4.79 Å². The van der Waals surface area contributed by atoms with Crippen LogP contribution in [0.25, 0.3) is 0 Å². The van der Waals surface area contributed by atoms with Crippen molar-refractivity contribution in [1.29, 1.82) is 0 Å². The van der Waals surface area contributed by atoms with Crippen molar-refractivity contribution in [2.24, 2.45) is 5.73 Å². The van der Waals surface area contributed by atoms with Gasteiger partial charge in [0.25, 0.3) is 0 Å². The van der Waals surface area contributed by atoms with Gasteiger partial charge in [0.1, 0.15) is 0 Å². The summed E-state index contributed by atoms with van der Waals surface area (Å²) in [5.74, 6) is 0.00687. The number of rotatable bonds is 3. The zero-order chi connectivity index (χ0) is 11.8. The lowest BCUT2D eigenvalue weighted by molar-refractivity contribution is -0.132. The van der Waals surface area contributed by atoms with E-state index in [0.717, 1.165) is 18.4 Å². The highest BCUT2D eigenvalue weighted by Crippen LogP contribution is 2.34. The number of hydrogen-bond donors (Lipinski definition) is 1. The molecule has 0 saturated heterocycles. The monoisotopic (exact) mass is 274 g/mol. The van der Waals surface area contributed by atoms with E-state index in [2.05, 4.69) is 0 Å². The van der Waals surface area contributed by atoms with E-state index >= 15 is 0 Å². The minimum atomic E-state index is -0.601. The predicted molar refractivity (Wildman–Crippen MR) is 71.3 cm³/mol. The van der Waals surface area contributed by atoms with Crippen LogP contribution in [0.4, 0.5) is 0 Å². The molecule has 0 aromatic heterocycles. The maximum absolute atomic E-state index is 11.9. The highest BCUT2D eigenvalue weighted by Gasteiger charge is 2.47. The van der Waals surface area contributed by atoms with Crippen LogP contribution in [-0.4, -0.2) is 23.4 Å². The minimum Gasteiger partial charge on any atom is -0.340 e. The molecule has 2 N–H and O–H groups in total. The zero-order valence-corrected chi connectivity index (χ0v) is 11.2. The number of hydrogen-bond acceptors (Lipinski definition) is 2. The van der Waals surface area contributed by atoms with Gasteiger partial charge < -0.3 is 10.6 Å². The number of amides is 1. The molecule has 1 aliphatic rings. The van der Waals surface area contributed by atoms with Gasteiger partial charge in [-0.15, -0.1) is 12.4 Å². The summed E-state index contributed by atoms with van der Waals surface area (Å²) in [5, 5.41) is 0.684. The van der Waals surface area contributed by atoms with Gasteiger partial charge in [0.05, 0.1) is 5.54 Å². The van der Waals surface area contributed by atoms with Gasteiger partial charge in [-0.1, -0.05) is 29.8 Å². The zero-order valence-electron chi connectivity index (χ0n) is 9.65. The van der Waals surface area contributed by atoms with E-state index < -0.39 is 5.54 Å². The lowest BCUT2D eigenvalue weighted by Gasteiger charge is -2.21. The third-order valence-corrected chi connectivity index (χ3v) is 3.30. The minimum absolute atomic E-state index is 0. The van der Waals surface area contributed by atoms with Gasteiger partial charge >= 0.3 is 0 Å². The lowest BCUT2D eigenvalue weighted by Crippen LogP contribution is -2.43. The normalized spacial score (nSPS) is 15.9. The Balaban J connectivity index is 0.00000144. The number of nitrogens with two attached hydrogens (primary N) is 1. The van der Waals surface area contributed by atoms with Gasteiger partial charge in [0.2, 0.25) is 5.91 Å². The number of carbonyl (C=O) groups is 1. The third-order valence-electron chi connectivity index (χ3n) is 2.93. The summed E-state index contributed by atoms with van der Waals surface area (Å²) >= 11 is 6.03. The van der Waals surface area contributed by atoms with Crippen LogP contribution in [0.2, 0.25) is 5.02 Å². The number of halogens is 2. The van der Waals surface area contributed by atoms with Crippen molar-refractivity contribution >= 4 is 29.9 Å². The Hall–Kier alpha value is -0.770.